The molecule has 0 spiro atoms. The van der Waals surface area contributed by atoms with Crippen LogP contribution in [0, 0.1) is 10.1 Å². The first-order valence-corrected chi connectivity index (χ1v) is 7.34. The van der Waals surface area contributed by atoms with Gasteiger partial charge in [0.1, 0.15) is 18.3 Å². The fraction of sp³-hybridized carbons (Fsp3) is 0.467. The second-order valence-corrected chi connectivity index (χ2v) is 5.32. The van der Waals surface area contributed by atoms with Gasteiger partial charge >= 0.3 is 0 Å². The first-order chi connectivity index (χ1) is 11.9. The molecule has 2 rings (SSSR count). The molecule has 1 aliphatic rings. The van der Waals surface area contributed by atoms with Crippen molar-refractivity contribution in [1.29, 1.82) is 0 Å². The van der Waals surface area contributed by atoms with Crippen LogP contribution in [-0.4, -0.2) is 69.8 Å². The molecular weight excluding hydrogens is 338 g/mol. The maximum Gasteiger partial charge on any atom is 0.235 e. The topological polar surface area (TPSA) is 152 Å². The molecule has 0 amide bonds. The number of hydrogen-bond donors (Lipinski definition) is 4. The van der Waals surface area contributed by atoms with Gasteiger partial charge in [-0.3, -0.25) is 10.1 Å². The summed E-state index contributed by atoms with van der Waals surface area (Å²) in [6, 6.07) is 4.40. The molecule has 1 saturated heterocycles. The highest BCUT2D eigenvalue weighted by atomic mass is 16.7. The quantitative estimate of drug-likeness (QED) is 0.376. The molecule has 0 aromatic heterocycles. The maximum atomic E-state index is 10.4. The average molecular weight is 357 g/mol. The lowest BCUT2D eigenvalue weighted by Crippen LogP contribution is -2.60. The van der Waals surface area contributed by atoms with Gasteiger partial charge in [-0.25, -0.2) is 0 Å². The van der Waals surface area contributed by atoms with Crippen LogP contribution in [0.15, 0.2) is 24.4 Å². The Bertz CT molecular complexity index is 635. The zero-order valence-electron chi connectivity index (χ0n) is 13.3. The molecule has 138 valence electrons. The molecule has 1 aromatic carbocycles. The number of methoxy groups -OCH3 is 1. The molecule has 1 aromatic rings. The van der Waals surface area contributed by atoms with Crippen molar-refractivity contribution < 1.29 is 39.6 Å². The smallest absolute Gasteiger partial charge is 0.235 e. The standard InChI is InChI=1S/C15H19NO9/c1-23-10-6-8(4-5-16(21)22)2-3-9(10)24-14-13(19)12(18)11(7-17)25-15(14)20/h2-6,11-15,17-20H,7H2,1H3/b5-4+/t11-,12+,13+,14-,15-/m1/s1. The van der Waals surface area contributed by atoms with Gasteiger partial charge in [0.25, 0.3) is 0 Å². The van der Waals surface area contributed by atoms with Crippen LogP contribution in [0.2, 0.25) is 0 Å². The summed E-state index contributed by atoms with van der Waals surface area (Å²) >= 11 is 0. The van der Waals surface area contributed by atoms with E-state index in [0.29, 0.717) is 5.56 Å². The van der Waals surface area contributed by atoms with Crippen molar-refractivity contribution in [2.75, 3.05) is 13.7 Å². The molecule has 0 aliphatic carbocycles. The lowest BCUT2D eigenvalue weighted by atomic mass is 9.99. The Labute approximate surface area is 142 Å². The van der Waals surface area contributed by atoms with E-state index in [1.165, 1.54) is 31.4 Å². The first kappa shape index (κ1) is 19.1. The second-order valence-electron chi connectivity index (χ2n) is 5.32. The molecule has 0 unspecified atom stereocenters. The number of aliphatic hydroxyl groups excluding tert-OH is 4. The summed E-state index contributed by atoms with van der Waals surface area (Å²) in [4.78, 5) is 9.75. The van der Waals surface area contributed by atoms with E-state index < -0.39 is 42.2 Å². The monoisotopic (exact) mass is 357 g/mol. The van der Waals surface area contributed by atoms with Crippen molar-refractivity contribution >= 4 is 6.08 Å². The summed E-state index contributed by atoms with van der Waals surface area (Å²) in [5.41, 5.74) is 0.474. The molecule has 10 nitrogen and oxygen atoms in total. The van der Waals surface area contributed by atoms with Crippen LogP contribution < -0.4 is 9.47 Å². The molecule has 0 radical (unpaired) electrons. The van der Waals surface area contributed by atoms with Crippen molar-refractivity contribution in [3.63, 3.8) is 0 Å². The van der Waals surface area contributed by atoms with Crippen molar-refractivity contribution in [3.05, 3.63) is 40.1 Å². The van der Waals surface area contributed by atoms with E-state index in [-0.39, 0.29) is 11.5 Å². The molecule has 1 aliphatic heterocycles. The van der Waals surface area contributed by atoms with Crippen LogP contribution in [0.25, 0.3) is 6.08 Å². The van der Waals surface area contributed by atoms with E-state index in [4.69, 9.17) is 19.3 Å². The van der Waals surface area contributed by atoms with Crippen LogP contribution in [-0.2, 0) is 4.74 Å². The van der Waals surface area contributed by atoms with E-state index in [2.05, 4.69) is 0 Å². The third-order valence-corrected chi connectivity index (χ3v) is 3.68. The third kappa shape index (κ3) is 4.44. The lowest BCUT2D eigenvalue weighted by Gasteiger charge is -2.39. The minimum Gasteiger partial charge on any atom is -0.493 e. The van der Waals surface area contributed by atoms with Gasteiger partial charge in [0.15, 0.2) is 23.9 Å². The molecule has 10 heteroatoms. The zero-order chi connectivity index (χ0) is 18.6. The summed E-state index contributed by atoms with van der Waals surface area (Å²) < 4.78 is 15.6. The predicted molar refractivity (Wildman–Crippen MR) is 83.4 cm³/mol. The van der Waals surface area contributed by atoms with E-state index in [1.54, 1.807) is 0 Å². The number of ether oxygens (including phenoxy) is 3. The number of nitrogens with zero attached hydrogens (tertiary/aromatic N) is 1. The highest BCUT2D eigenvalue weighted by Gasteiger charge is 2.45. The van der Waals surface area contributed by atoms with E-state index in [9.17, 15) is 25.4 Å². The highest BCUT2D eigenvalue weighted by Crippen LogP contribution is 2.32. The maximum absolute atomic E-state index is 10.4. The summed E-state index contributed by atoms with van der Waals surface area (Å²) in [7, 11) is 1.35. The average Bonchev–Trinajstić information content (AvgIpc) is 2.60. The van der Waals surface area contributed by atoms with Crippen molar-refractivity contribution in [2.24, 2.45) is 0 Å². The number of nitro groups is 1. The van der Waals surface area contributed by atoms with Crippen LogP contribution >= 0.6 is 0 Å². The molecule has 1 fully saturated rings. The van der Waals surface area contributed by atoms with Gasteiger partial charge in [-0.1, -0.05) is 6.07 Å². The van der Waals surface area contributed by atoms with Crippen molar-refractivity contribution in [2.45, 2.75) is 30.7 Å². The molecule has 0 saturated carbocycles. The Balaban J connectivity index is 2.20. The number of hydrogen-bond acceptors (Lipinski definition) is 9. The Hall–Kier alpha value is -2.24. The zero-order valence-corrected chi connectivity index (χ0v) is 13.3. The van der Waals surface area contributed by atoms with Gasteiger partial charge in [0.05, 0.1) is 18.6 Å². The van der Waals surface area contributed by atoms with Gasteiger partial charge < -0.3 is 34.6 Å². The van der Waals surface area contributed by atoms with Crippen molar-refractivity contribution in [1.82, 2.24) is 0 Å². The summed E-state index contributed by atoms with van der Waals surface area (Å²) in [5, 5.41) is 49.3. The van der Waals surface area contributed by atoms with Crippen LogP contribution in [0.1, 0.15) is 5.56 Å². The number of rotatable bonds is 6. The van der Waals surface area contributed by atoms with Gasteiger partial charge in [-0.05, 0) is 17.7 Å². The SMILES string of the molecule is COc1cc(/C=C/[N+](=O)[O-])ccc1O[C@@H]1[C@@H](O)[C@@H](O)[C@@H](CO)O[C@H]1O. The molecule has 5 atom stereocenters. The second kappa shape index (κ2) is 8.23. The van der Waals surface area contributed by atoms with Crippen molar-refractivity contribution in [3.8, 4) is 11.5 Å². The molecular formula is C15H19NO9. The van der Waals surface area contributed by atoms with Gasteiger partial charge in [0.2, 0.25) is 6.20 Å². The summed E-state index contributed by atoms with van der Waals surface area (Å²) in [6.45, 7) is -0.581. The molecule has 25 heavy (non-hydrogen) atoms. The first-order valence-electron chi connectivity index (χ1n) is 7.34. The van der Waals surface area contributed by atoms with Gasteiger partial charge in [-0.2, -0.15) is 0 Å². The van der Waals surface area contributed by atoms with Gasteiger partial charge in [-0.15, -0.1) is 0 Å². The normalized spacial score (nSPS) is 29.6. The minimum atomic E-state index is -1.59. The van der Waals surface area contributed by atoms with E-state index >= 15 is 0 Å². The van der Waals surface area contributed by atoms with Crippen LogP contribution in [0.4, 0.5) is 0 Å². The van der Waals surface area contributed by atoms with Gasteiger partial charge in [0, 0.05) is 6.08 Å². The Morgan fingerprint density at radius 2 is 2.00 bits per heavy atom. The number of benzene rings is 1. The summed E-state index contributed by atoms with van der Waals surface area (Å²) in [5.74, 6) is 0.325. The summed E-state index contributed by atoms with van der Waals surface area (Å²) in [6.07, 6.45) is -4.99. The largest absolute Gasteiger partial charge is 0.493 e. The highest BCUT2D eigenvalue weighted by molar-refractivity contribution is 5.55. The van der Waals surface area contributed by atoms with Crippen LogP contribution in [0.5, 0.6) is 11.5 Å². The van der Waals surface area contributed by atoms with Crippen LogP contribution in [0.3, 0.4) is 0 Å². The molecule has 0 bridgehead atoms. The minimum absolute atomic E-state index is 0.127. The molecule has 1 heterocycles. The predicted octanol–water partition coefficient (Wildman–Crippen LogP) is -0.879. The Morgan fingerprint density at radius 3 is 2.60 bits per heavy atom. The lowest BCUT2D eigenvalue weighted by molar-refractivity contribution is -0.400. The van der Waals surface area contributed by atoms with E-state index in [1.807, 2.05) is 0 Å². The Kier molecular flexibility index (Phi) is 6.28. The third-order valence-electron chi connectivity index (χ3n) is 3.68. The number of aliphatic hydroxyl groups is 4. The fourth-order valence-corrected chi connectivity index (χ4v) is 2.38. The Morgan fingerprint density at radius 1 is 1.28 bits per heavy atom. The fourth-order valence-electron chi connectivity index (χ4n) is 2.38. The van der Waals surface area contributed by atoms with E-state index in [0.717, 1.165) is 6.20 Å². The molecule has 4 N–H and O–H groups in total.